The lowest BCUT2D eigenvalue weighted by Gasteiger charge is -2.10. The molecule has 0 radical (unpaired) electrons. The molecule has 1 N–H and O–H groups in total. The second kappa shape index (κ2) is 6.15. The van der Waals surface area contributed by atoms with Crippen LogP contribution in [0, 0.1) is 10.1 Å². The van der Waals surface area contributed by atoms with E-state index >= 15 is 0 Å². The summed E-state index contributed by atoms with van der Waals surface area (Å²) in [4.78, 5) is 10.4. The van der Waals surface area contributed by atoms with Crippen LogP contribution < -0.4 is 9.47 Å². The van der Waals surface area contributed by atoms with E-state index in [1.54, 1.807) is 0 Å². The minimum Gasteiger partial charge on any atom is -0.502 e. The molecule has 0 aliphatic heterocycles. The fourth-order valence-corrected chi connectivity index (χ4v) is 1.62. The number of benzene rings is 1. The van der Waals surface area contributed by atoms with Gasteiger partial charge in [-0.3, -0.25) is 10.1 Å². The Hall–Kier alpha value is -1.89. The monoisotopic (exact) mass is 271 g/mol. The molecule has 0 atom stereocenters. The highest BCUT2D eigenvalue weighted by atomic mass is 32.1. The first-order valence-electron chi connectivity index (χ1n) is 5.10. The number of aliphatic hydroxyl groups excluding tert-OH is 1. The minimum absolute atomic E-state index is 0.0797. The van der Waals surface area contributed by atoms with Gasteiger partial charge in [0.05, 0.1) is 25.2 Å². The molecule has 0 amide bonds. The van der Waals surface area contributed by atoms with Crippen molar-refractivity contribution in [1.29, 1.82) is 0 Å². The summed E-state index contributed by atoms with van der Waals surface area (Å²) >= 11 is 4.54. The van der Waals surface area contributed by atoms with Crippen molar-refractivity contribution in [2.45, 2.75) is 12.8 Å². The van der Waals surface area contributed by atoms with E-state index in [1.165, 1.54) is 26.4 Å². The molecule has 0 spiro atoms. The van der Waals surface area contributed by atoms with Crippen LogP contribution in [0.5, 0.6) is 11.5 Å². The Kier molecular flexibility index (Phi) is 4.85. The number of nitrogens with zero attached hydrogens (tertiary/aromatic N) is 1. The van der Waals surface area contributed by atoms with Crippen LogP contribution >= 0.6 is 12.2 Å². The fourth-order valence-electron chi connectivity index (χ4n) is 1.52. The Bertz CT molecular complexity index is 475. The molecular weight excluding hydrogens is 258 g/mol. The number of rotatable bonds is 6. The van der Waals surface area contributed by atoms with Crippen molar-refractivity contribution < 1.29 is 19.5 Å². The van der Waals surface area contributed by atoms with E-state index in [-0.39, 0.29) is 23.6 Å². The molecule has 0 bridgehead atoms. The lowest BCUT2D eigenvalue weighted by molar-refractivity contribution is -0.385. The van der Waals surface area contributed by atoms with E-state index in [9.17, 15) is 10.1 Å². The standard InChI is InChI=1S/C11H13NO5S/c1-16-9-5-7(3-4-11(13)18)8(12(14)15)6-10(9)17-2/h5-6H,3-4H2,1-2H3,(H,13,18). The number of nitro benzene ring substituents is 1. The van der Waals surface area contributed by atoms with Crippen molar-refractivity contribution in [1.82, 2.24) is 0 Å². The number of aryl methyl sites for hydroxylation is 1. The average molecular weight is 271 g/mol. The van der Waals surface area contributed by atoms with Gasteiger partial charge >= 0.3 is 0 Å². The zero-order valence-electron chi connectivity index (χ0n) is 10.0. The first kappa shape index (κ1) is 14.2. The summed E-state index contributed by atoms with van der Waals surface area (Å²) in [6.45, 7) is 0. The lowest BCUT2D eigenvalue weighted by atomic mass is 10.1. The van der Waals surface area contributed by atoms with Crippen molar-refractivity contribution in [3.05, 3.63) is 27.8 Å². The van der Waals surface area contributed by atoms with E-state index in [1.807, 2.05) is 0 Å². The molecule has 0 unspecified atom stereocenters. The SMILES string of the molecule is COc1cc(CCC(O)=S)c([N+](=O)[O-])cc1OC. The van der Waals surface area contributed by atoms with Crippen LogP contribution in [0.3, 0.4) is 0 Å². The van der Waals surface area contributed by atoms with Gasteiger partial charge in [0.1, 0.15) is 0 Å². The summed E-state index contributed by atoms with van der Waals surface area (Å²) in [6.07, 6.45) is 0.456. The van der Waals surface area contributed by atoms with Gasteiger partial charge in [-0.05, 0) is 24.7 Å². The van der Waals surface area contributed by atoms with Crippen molar-refractivity contribution in [3.63, 3.8) is 0 Å². The van der Waals surface area contributed by atoms with E-state index in [2.05, 4.69) is 12.2 Å². The van der Waals surface area contributed by atoms with Crippen LogP contribution in [0.4, 0.5) is 5.69 Å². The number of aliphatic hydroxyl groups is 1. The van der Waals surface area contributed by atoms with E-state index in [4.69, 9.17) is 14.6 Å². The predicted molar refractivity (Wildman–Crippen MR) is 69.7 cm³/mol. The van der Waals surface area contributed by atoms with Crippen LogP contribution in [0.25, 0.3) is 0 Å². The Labute approximate surface area is 109 Å². The molecule has 1 aromatic carbocycles. The van der Waals surface area contributed by atoms with Gasteiger partial charge in [-0.1, -0.05) is 0 Å². The predicted octanol–water partition coefficient (Wildman–Crippen LogP) is 2.43. The number of methoxy groups -OCH3 is 2. The summed E-state index contributed by atoms with van der Waals surface area (Å²) in [5, 5.41) is 19.7. The molecule has 0 aromatic heterocycles. The number of hydrogen-bond acceptors (Lipinski definition) is 5. The molecular formula is C11H13NO5S. The van der Waals surface area contributed by atoms with Gasteiger partial charge < -0.3 is 14.6 Å². The lowest BCUT2D eigenvalue weighted by Crippen LogP contribution is -2.02. The van der Waals surface area contributed by atoms with Gasteiger partial charge in [0, 0.05) is 12.0 Å². The number of nitro groups is 1. The van der Waals surface area contributed by atoms with Gasteiger partial charge in [-0.25, -0.2) is 0 Å². The third-order valence-corrected chi connectivity index (χ3v) is 2.59. The molecule has 18 heavy (non-hydrogen) atoms. The Morgan fingerprint density at radius 2 is 1.94 bits per heavy atom. The maximum atomic E-state index is 10.9. The fraction of sp³-hybridized carbons (Fsp3) is 0.364. The maximum Gasteiger partial charge on any atom is 0.276 e. The molecule has 0 fully saturated rings. The van der Waals surface area contributed by atoms with Crippen molar-refractivity contribution in [3.8, 4) is 11.5 Å². The topological polar surface area (TPSA) is 81.8 Å². The number of ether oxygens (including phenoxy) is 2. The third-order valence-electron chi connectivity index (χ3n) is 2.39. The molecule has 6 nitrogen and oxygen atoms in total. The summed E-state index contributed by atoms with van der Waals surface area (Å²) < 4.78 is 10.1. The molecule has 0 saturated carbocycles. The molecule has 98 valence electrons. The van der Waals surface area contributed by atoms with E-state index < -0.39 is 4.92 Å². The highest BCUT2D eigenvalue weighted by molar-refractivity contribution is 7.80. The van der Waals surface area contributed by atoms with Crippen LogP contribution in [0.1, 0.15) is 12.0 Å². The minimum atomic E-state index is -0.502. The van der Waals surface area contributed by atoms with Crippen LogP contribution in [-0.2, 0) is 6.42 Å². The first-order chi connectivity index (χ1) is 8.49. The molecule has 0 aliphatic rings. The zero-order valence-corrected chi connectivity index (χ0v) is 10.8. The summed E-state index contributed by atoms with van der Waals surface area (Å²) in [5.74, 6) is 0.696. The quantitative estimate of drug-likeness (QED) is 0.486. The Balaban J connectivity index is 3.20. The number of thiocarbonyl (C=S) groups is 1. The first-order valence-corrected chi connectivity index (χ1v) is 5.51. The van der Waals surface area contributed by atoms with Crippen LogP contribution in [0.15, 0.2) is 12.1 Å². The van der Waals surface area contributed by atoms with E-state index in [0.717, 1.165) is 0 Å². The maximum absolute atomic E-state index is 10.9. The van der Waals surface area contributed by atoms with Crippen LogP contribution in [0.2, 0.25) is 0 Å². The van der Waals surface area contributed by atoms with E-state index in [0.29, 0.717) is 17.1 Å². The molecule has 0 aliphatic carbocycles. The molecule has 1 rings (SSSR count). The highest BCUT2D eigenvalue weighted by Gasteiger charge is 2.19. The Morgan fingerprint density at radius 3 is 2.39 bits per heavy atom. The molecule has 1 aromatic rings. The number of hydrogen-bond donors (Lipinski definition) is 1. The normalized spacial score (nSPS) is 9.89. The van der Waals surface area contributed by atoms with Gasteiger partial charge in [0.25, 0.3) is 5.69 Å². The third kappa shape index (κ3) is 3.30. The average Bonchev–Trinajstić information content (AvgIpc) is 2.34. The summed E-state index contributed by atoms with van der Waals surface area (Å²) in [6, 6.07) is 2.82. The second-order valence-electron chi connectivity index (χ2n) is 3.49. The second-order valence-corrected chi connectivity index (χ2v) is 3.96. The summed E-state index contributed by atoms with van der Waals surface area (Å²) in [7, 11) is 2.86. The van der Waals surface area contributed by atoms with Crippen LogP contribution in [-0.4, -0.2) is 29.3 Å². The Morgan fingerprint density at radius 1 is 1.39 bits per heavy atom. The smallest absolute Gasteiger partial charge is 0.276 e. The summed E-state index contributed by atoms with van der Waals surface area (Å²) in [5.41, 5.74) is 0.359. The molecule has 0 heterocycles. The van der Waals surface area contributed by atoms with Crippen molar-refractivity contribution in [2.24, 2.45) is 0 Å². The zero-order chi connectivity index (χ0) is 13.7. The van der Waals surface area contributed by atoms with Gasteiger partial charge in [0.15, 0.2) is 16.5 Å². The van der Waals surface area contributed by atoms with Crippen molar-refractivity contribution >= 4 is 23.0 Å². The van der Waals surface area contributed by atoms with Gasteiger partial charge in [-0.15, -0.1) is 0 Å². The molecule has 7 heteroatoms. The molecule has 0 saturated heterocycles. The van der Waals surface area contributed by atoms with Crippen molar-refractivity contribution in [2.75, 3.05) is 14.2 Å². The largest absolute Gasteiger partial charge is 0.502 e. The highest BCUT2D eigenvalue weighted by Crippen LogP contribution is 2.34. The van der Waals surface area contributed by atoms with Gasteiger partial charge in [0.2, 0.25) is 0 Å². The van der Waals surface area contributed by atoms with Gasteiger partial charge in [-0.2, -0.15) is 0 Å².